The molecule has 0 saturated carbocycles. The minimum Gasteiger partial charge on any atom is -0.329 e. The molecule has 0 radical (unpaired) electrons. The van der Waals surface area contributed by atoms with E-state index in [0.717, 1.165) is 0 Å². The van der Waals surface area contributed by atoms with Crippen molar-refractivity contribution in [2.24, 2.45) is 0 Å². The molecule has 1 amide bonds. The first kappa shape index (κ1) is 23.6. The summed E-state index contributed by atoms with van der Waals surface area (Å²) in [6, 6.07) is 6.81. The van der Waals surface area contributed by atoms with Gasteiger partial charge in [-0.3, -0.25) is 19.9 Å². The number of amides is 1. The Kier molecular flexibility index (Phi) is 5.59. The third-order valence-electron chi connectivity index (χ3n) is 6.21. The summed E-state index contributed by atoms with van der Waals surface area (Å²) in [5, 5.41) is 5.62. The molecule has 1 aliphatic heterocycles. The summed E-state index contributed by atoms with van der Waals surface area (Å²) < 4.78 is 41.8. The second-order valence-corrected chi connectivity index (χ2v) is 8.88. The van der Waals surface area contributed by atoms with Crippen molar-refractivity contribution in [3.63, 3.8) is 0 Å². The molecule has 0 spiro atoms. The predicted octanol–water partition coefficient (Wildman–Crippen LogP) is 4.25. The SMILES string of the molecule is CC(C)n1cc(C(=O)c2cncc(NC(=O)c3ccc(C4(C(F)(F)F)CN4)cc3)c2)c2cncnc21. The lowest BCUT2D eigenvalue weighted by Crippen LogP contribution is -2.33. The summed E-state index contributed by atoms with van der Waals surface area (Å²) in [7, 11) is 0. The van der Waals surface area contributed by atoms with Gasteiger partial charge in [0.25, 0.3) is 5.91 Å². The Morgan fingerprint density at radius 3 is 2.44 bits per heavy atom. The van der Waals surface area contributed by atoms with Crippen LogP contribution in [0.3, 0.4) is 0 Å². The number of benzene rings is 1. The van der Waals surface area contributed by atoms with Crippen LogP contribution >= 0.6 is 0 Å². The fourth-order valence-corrected chi connectivity index (χ4v) is 4.12. The third-order valence-corrected chi connectivity index (χ3v) is 6.21. The zero-order valence-electron chi connectivity index (χ0n) is 19.3. The van der Waals surface area contributed by atoms with E-state index in [1.54, 1.807) is 12.4 Å². The van der Waals surface area contributed by atoms with Crippen LogP contribution in [0.1, 0.15) is 51.7 Å². The third kappa shape index (κ3) is 4.01. The molecule has 0 aliphatic carbocycles. The number of hydrogen-bond acceptors (Lipinski definition) is 6. The van der Waals surface area contributed by atoms with Crippen LogP contribution in [0.25, 0.3) is 11.0 Å². The molecule has 1 fully saturated rings. The molecule has 184 valence electrons. The second kappa shape index (κ2) is 8.52. The van der Waals surface area contributed by atoms with Crippen molar-refractivity contribution in [1.29, 1.82) is 0 Å². The van der Waals surface area contributed by atoms with E-state index in [-0.39, 0.29) is 40.7 Å². The number of fused-ring (bicyclic) bond motifs is 1. The van der Waals surface area contributed by atoms with E-state index in [2.05, 4.69) is 25.6 Å². The van der Waals surface area contributed by atoms with Gasteiger partial charge >= 0.3 is 6.18 Å². The van der Waals surface area contributed by atoms with Gasteiger partial charge in [0.05, 0.1) is 17.4 Å². The number of carbonyl (C=O) groups excluding carboxylic acids is 2. The van der Waals surface area contributed by atoms with Crippen molar-refractivity contribution >= 4 is 28.4 Å². The number of alkyl halides is 3. The minimum atomic E-state index is -4.43. The lowest BCUT2D eigenvalue weighted by molar-refractivity contribution is -0.161. The van der Waals surface area contributed by atoms with Crippen LogP contribution in [-0.4, -0.2) is 43.9 Å². The highest BCUT2D eigenvalue weighted by molar-refractivity contribution is 6.16. The van der Waals surface area contributed by atoms with E-state index < -0.39 is 17.6 Å². The maximum atomic E-state index is 13.3. The van der Waals surface area contributed by atoms with Crippen LogP contribution in [0.5, 0.6) is 0 Å². The lowest BCUT2D eigenvalue weighted by Gasteiger charge is -2.18. The van der Waals surface area contributed by atoms with Crippen LogP contribution in [0.15, 0.2) is 61.4 Å². The van der Waals surface area contributed by atoms with Crippen LogP contribution < -0.4 is 10.6 Å². The molecule has 36 heavy (non-hydrogen) atoms. The van der Waals surface area contributed by atoms with Crippen molar-refractivity contribution in [1.82, 2.24) is 24.8 Å². The number of aromatic nitrogens is 4. The van der Waals surface area contributed by atoms with E-state index >= 15 is 0 Å². The molecule has 4 heterocycles. The van der Waals surface area contributed by atoms with Crippen LogP contribution in [0.2, 0.25) is 0 Å². The molecule has 1 saturated heterocycles. The first-order chi connectivity index (χ1) is 17.1. The quantitative estimate of drug-likeness (QED) is 0.306. The highest BCUT2D eigenvalue weighted by Gasteiger charge is 2.64. The van der Waals surface area contributed by atoms with Gasteiger partial charge in [0, 0.05) is 47.7 Å². The fourth-order valence-electron chi connectivity index (χ4n) is 4.12. The average Bonchev–Trinajstić information content (AvgIpc) is 3.59. The van der Waals surface area contributed by atoms with Crippen molar-refractivity contribution in [2.75, 3.05) is 11.9 Å². The molecule has 3 aromatic heterocycles. The van der Waals surface area contributed by atoms with Crippen molar-refractivity contribution in [2.45, 2.75) is 31.6 Å². The Bertz CT molecular complexity index is 1470. The largest absolute Gasteiger partial charge is 0.412 e. The predicted molar refractivity (Wildman–Crippen MR) is 126 cm³/mol. The zero-order chi connectivity index (χ0) is 25.7. The number of nitrogens with one attached hydrogen (secondary N) is 2. The first-order valence-corrected chi connectivity index (χ1v) is 11.1. The normalized spacial score (nSPS) is 17.4. The number of carbonyl (C=O) groups is 2. The molecule has 2 N–H and O–H groups in total. The Balaban J connectivity index is 1.36. The maximum absolute atomic E-state index is 13.3. The monoisotopic (exact) mass is 494 g/mol. The van der Waals surface area contributed by atoms with Gasteiger partial charge < -0.3 is 9.88 Å². The topological polar surface area (TPSA) is 112 Å². The van der Waals surface area contributed by atoms with Gasteiger partial charge in [0.15, 0.2) is 11.3 Å². The number of nitrogens with zero attached hydrogens (tertiary/aromatic N) is 4. The van der Waals surface area contributed by atoms with Gasteiger partial charge in [0.2, 0.25) is 0 Å². The van der Waals surface area contributed by atoms with E-state index in [1.165, 1.54) is 49.1 Å². The zero-order valence-corrected chi connectivity index (χ0v) is 19.3. The summed E-state index contributed by atoms with van der Waals surface area (Å²) in [4.78, 5) is 38.4. The van der Waals surface area contributed by atoms with Crippen molar-refractivity contribution in [3.05, 3.63) is 83.7 Å². The van der Waals surface area contributed by atoms with Crippen LogP contribution in [-0.2, 0) is 5.54 Å². The Morgan fingerprint density at radius 2 is 1.81 bits per heavy atom. The Morgan fingerprint density at radius 1 is 1.08 bits per heavy atom. The molecule has 1 atom stereocenters. The average molecular weight is 494 g/mol. The summed E-state index contributed by atoms with van der Waals surface area (Å²) in [5.41, 5.74) is -0.262. The summed E-state index contributed by atoms with van der Waals surface area (Å²) in [5.74, 6) is -0.848. The molecular formula is C25H21F3N6O2. The number of rotatable bonds is 6. The van der Waals surface area contributed by atoms with Gasteiger partial charge in [-0.25, -0.2) is 9.97 Å². The highest BCUT2D eigenvalue weighted by Crippen LogP contribution is 2.45. The molecule has 1 aromatic carbocycles. The lowest BCUT2D eigenvalue weighted by atomic mass is 9.97. The smallest absolute Gasteiger partial charge is 0.329 e. The minimum absolute atomic E-state index is 0.0466. The van der Waals surface area contributed by atoms with Crippen molar-refractivity contribution in [3.8, 4) is 0 Å². The van der Waals surface area contributed by atoms with Gasteiger partial charge in [-0.2, -0.15) is 13.2 Å². The maximum Gasteiger partial charge on any atom is 0.412 e. The molecule has 5 rings (SSSR count). The number of anilines is 1. The number of ketones is 1. The van der Waals surface area contributed by atoms with E-state index in [1.807, 2.05) is 18.4 Å². The fraction of sp³-hybridized carbons (Fsp3) is 0.240. The van der Waals surface area contributed by atoms with Crippen LogP contribution in [0, 0.1) is 0 Å². The van der Waals surface area contributed by atoms with E-state index in [0.29, 0.717) is 16.6 Å². The van der Waals surface area contributed by atoms with E-state index in [9.17, 15) is 22.8 Å². The van der Waals surface area contributed by atoms with Gasteiger partial charge in [-0.15, -0.1) is 0 Å². The summed E-state index contributed by atoms with van der Waals surface area (Å²) in [6.45, 7) is 3.75. The second-order valence-electron chi connectivity index (χ2n) is 8.88. The summed E-state index contributed by atoms with van der Waals surface area (Å²) >= 11 is 0. The van der Waals surface area contributed by atoms with Gasteiger partial charge in [0.1, 0.15) is 12.0 Å². The highest BCUT2D eigenvalue weighted by atomic mass is 19.4. The molecule has 1 aliphatic rings. The van der Waals surface area contributed by atoms with Gasteiger partial charge in [-0.1, -0.05) is 12.1 Å². The standard InChI is InChI=1S/C25H21F3N6O2/c1-14(2)34-11-20(19-10-30-13-31-22(19)34)21(35)16-7-18(9-29-8-16)33-23(36)15-3-5-17(6-4-15)24(12-32-24)25(26,27)28/h3-11,13-14,32H,12H2,1-2H3,(H,33,36). The first-order valence-electron chi connectivity index (χ1n) is 11.1. The molecule has 0 bridgehead atoms. The molecule has 4 aromatic rings. The number of pyridine rings is 1. The van der Waals surface area contributed by atoms with E-state index in [4.69, 9.17) is 0 Å². The van der Waals surface area contributed by atoms with Gasteiger partial charge in [-0.05, 0) is 37.6 Å². The molecule has 8 nitrogen and oxygen atoms in total. The Labute approximate surface area is 203 Å². The number of hydrogen-bond donors (Lipinski definition) is 2. The number of halogens is 3. The molecule has 11 heteroatoms. The Hall–Kier alpha value is -4.12. The molecular weight excluding hydrogens is 473 g/mol. The van der Waals surface area contributed by atoms with Crippen LogP contribution in [0.4, 0.5) is 18.9 Å². The van der Waals surface area contributed by atoms with Crippen molar-refractivity contribution < 1.29 is 22.8 Å². The molecule has 1 unspecified atom stereocenters. The summed E-state index contributed by atoms with van der Waals surface area (Å²) in [6.07, 6.45) is 3.08.